The van der Waals surface area contributed by atoms with Crippen molar-refractivity contribution >= 4 is 11.6 Å². The van der Waals surface area contributed by atoms with E-state index in [4.69, 9.17) is 0 Å². The lowest BCUT2D eigenvalue weighted by Gasteiger charge is -2.51. The summed E-state index contributed by atoms with van der Waals surface area (Å²) < 4.78 is 0. The largest absolute Gasteiger partial charge is 0.370 e. The molecule has 2 fully saturated rings. The molecule has 2 aliphatic rings. The molecule has 150 valence electrons. The van der Waals surface area contributed by atoms with Gasteiger partial charge in [-0.1, -0.05) is 27.7 Å². The van der Waals surface area contributed by atoms with Gasteiger partial charge < -0.3 is 10.2 Å². The minimum absolute atomic E-state index is 0.132. The number of carbonyl (C=O) groups excluding carboxylic acids is 1. The van der Waals surface area contributed by atoms with E-state index in [1.165, 1.54) is 38.8 Å². The Morgan fingerprint density at radius 2 is 1.93 bits per heavy atom. The SMILES string of the molecule is CNC(=O)c1ccc(N2CCC(N3CCCC(C)(C(C)(C)C)C3)CC2)cn1. The van der Waals surface area contributed by atoms with Crippen molar-refractivity contribution in [2.24, 2.45) is 10.8 Å². The molecule has 1 aromatic rings. The maximum Gasteiger partial charge on any atom is 0.269 e. The number of nitrogens with one attached hydrogen (secondary N) is 1. The second-order valence-corrected chi connectivity index (χ2v) is 9.58. The zero-order valence-corrected chi connectivity index (χ0v) is 17.7. The van der Waals surface area contributed by atoms with Crippen LogP contribution < -0.4 is 10.2 Å². The molecular formula is C22H36N4O. The van der Waals surface area contributed by atoms with Crippen LogP contribution in [-0.2, 0) is 0 Å². The van der Waals surface area contributed by atoms with E-state index in [1.54, 1.807) is 7.05 Å². The number of hydrogen-bond acceptors (Lipinski definition) is 4. The normalized spacial score (nSPS) is 25.4. The van der Waals surface area contributed by atoms with Crippen LogP contribution in [0.1, 0.15) is 63.9 Å². The Balaban J connectivity index is 1.58. The molecule has 1 atom stereocenters. The Morgan fingerprint density at radius 1 is 1.22 bits per heavy atom. The lowest BCUT2D eigenvalue weighted by atomic mass is 9.63. The summed E-state index contributed by atoms with van der Waals surface area (Å²) in [5.41, 5.74) is 2.36. The van der Waals surface area contributed by atoms with Gasteiger partial charge in [0, 0.05) is 32.7 Å². The van der Waals surface area contributed by atoms with Gasteiger partial charge in [0.1, 0.15) is 5.69 Å². The molecule has 1 aromatic heterocycles. The molecule has 5 nitrogen and oxygen atoms in total. The maximum absolute atomic E-state index is 11.6. The standard InChI is InChI=1S/C22H36N4O/c1-21(2,3)22(4)11-6-12-26(16-22)17-9-13-25(14-10-17)18-7-8-19(24-15-18)20(27)23-5/h7-8,15,17H,6,9-14,16H2,1-5H3,(H,23,27). The fourth-order valence-electron chi connectivity index (χ4n) is 4.53. The van der Waals surface area contributed by atoms with Crippen molar-refractivity contribution in [2.75, 3.05) is 38.1 Å². The van der Waals surface area contributed by atoms with Crippen molar-refractivity contribution in [2.45, 2.75) is 59.4 Å². The summed E-state index contributed by atoms with van der Waals surface area (Å²) in [6.07, 6.45) is 6.91. The van der Waals surface area contributed by atoms with Gasteiger partial charge in [-0.3, -0.25) is 9.69 Å². The topological polar surface area (TPSA) is 48.5 Å². The minimum atomic E-state index is -0.132. The molecule has 3 heterocycles. The quantitative estimate of drug-likeness (QED) is 0.881. The molecule has 0 saturated carbocycles. The molecule has 0 aliphatic carbocycles. The molecule has 0 aromatic carbocycles. The Morgan fingerprint density at radius 3 is 2.48 bits per heavy atom. The number of likely N-dealkylation sites (tertiary alicyclic amines) is 1. The average Bonchev–Trinajstić information content (AvgIpc) is 2.67. The van der Waals surface area contributed by atoms with Gasteiger partial charge in [-0.15, -0.1) is 0 Å². The van der Waals surface area contributed by atoms with Gasteiger partial charge in [-0.05, 0) is 55.2 Å². The van der Waals surface area contributed by atoms with E-state index >= 15 is 0 Å². The number of rotatable bonds is 3. The summed E-state index contributed by atoms with van der Waals surface area (Å²) >= 11 is 0. The van der Waals surface area contributed by atoms with Crippen molar-refractivity contribution in [1.82, 2.24) is 15.2 Å². The summed E-state index contributed by atoms with van der Waals surface area (Å²) in [5, 5.41) is 2.62. The van der Waals surface area contributed by atoms with Gasteiger partial charge >= 0.3 is 0 Å². The van der Waals surface area contributed by atoms with Crippen LogP contribution in [0, 0.1) is 10.8 Å². The van der Waals surface area contributed by atoms with Crippen molar-refractivity contribution in [3.63, 3.8) is 0 Å². The van der Waals surface area contributed by atoms with Gasteiger partial charge in [-0.25, -0.2) is 4.98 Å². The summed E-state index contributed by atoms with van der Waals surface area (Å²) in [6.45, 7) is 14.3. The summed E-state index contributed by atoms with van der Waals surface area (Å²) in [6, 6.07) is 4.54. The maximum atomic E-state index is 11.6. The second-order valence-electron chi connectivity index (χ2n) is 9.58. The number of piperidine rings is 2. The summed E-state index contributed by atoms with van der Waals surface area (Å²) in [5.74, 6) is -0.132. The van der Waals surface area contributed by atoms with Crippen LogP contribution >= 0.6 is 0 Å². The average molecular weight is 373 g/mol. The van der Waals surface area contributed by atoms with Gasteiger partial charge in [0.25, 0.3) is 5.91 Å². The van der Waals surface area contributed by atoms with E-state index in [0.29, 0.717) is 22.6 Å². The molecule has 0 spiro atoms. The molecule has 2 saturated heterocycles. The summed E-state index contributed by atoms with van der Waals surface area (Å²) in [4.78, 5) is 21.1. The number of hydrogen-bond donors (Lipinski definition) is 1. The molecule has 5 heteroatoms. The monoisotopic (exact) mass is 372 g/mol. The highest BCUT2D eigenvalue weighted by molar-refractivity contribution is 5.92. The van der Waals surface area contributed by atoms with Crippen molar-refractivity contribution in [3.8, 4) is 0 Å². The van der Waals surface area contributed by atoms with Gasteiger partial charge in [0.15, 0.2) is 0 Å². The Hall–Kier alpha value is -1.62. The molecule has 27 heavy (non-hydrogen) atoms. The number of anilines is 1. The first kappa shape index (κ1) is 20.1. The smallest absolute Gasteiger partial charge is 0.269 e. The van der Waals surface area contributed by atoms with Gasteiger partial charge in [-0.2, -0.15) is 0 Å². The number of aromatic nitrogens is 1. The Bertz CT molecular complexity index is 643. The van der Waals surface area contributed by atoms with E-state index in [-0.39, 0.29) is 5.91 Å². The van der Waals surface area contributed by atoms with Gasteiger partial charge in [0.2, 0.25) is 0 Å². The zero-order chi connectivity index (χ0) is 19.7. The van der Waals surface area contributed by atoms with E-state index < -0.39 is 0 Å². The zero-order valence-electron chi connectivity index (χ0n) is 17.7. The summed E-state index contributed by atoms with van der Waals surface area (Å²) in [7, 11) is 1.63. The third-order valence-electron chi connectivity index (χ3n) is 7.09. The molecule has 0 radical (unpaired) electrons. The first-order valence-corrected chi connectivity index (χ1v) is 10.4. The Kier molecular flexibility index (Phi) is 5.80. The minimum Gasteiger partial charge on any atom is -0.370 e. The molecule has 1 amide bonds. The Labute approximate surface area is 164 Å². The number of nitrogens with zero attached hydrogens (tertiary/aromatic N) is 3. The first-order chi connectivity index (χ1) is 12.7. The van der Waals surface area contributed by atoms with Gasteiger partial charge in [0.05, 0.1) is 11.9 Å². The molecule has 0 bridgehead atoms. The van der Waals surface area contributed by atoms with Crippen LogP contribution in [0.15, 0.2) is 18.3 Å². The number of amides is 1. The molecular weight excluding hydrogens is 336 g/mol. The van der Waals surface area contributed by atoms with Crippen molar-refractivity contribution < 1.29 is 4.79 Å². The highest BCUT2D eigenvalue weighted by atomic mass is 16.1. The van der Waals surface area contributed by atoms with E-state index in [0.717, 1.165) is 18.8 Å². The fraction of sp³-hybridized carbons (Fsp3) is 0.727. The number of carbonyl (C=O) groups is 1. The molecule has 2 aliphatic heterocycles. The number of pyridine rings is 1. The van der Waals surface area contributed by atoms with Crippen LogP contribution in [0.25, 0.3) is 0 Å². The van der Waals surface area contributed by atoms with Crippen molar-refractivity contribution in [1.29, 1.82) is 0 Å². The molecule has 1 N–H and O–H groups in total. The van der Waals surface area contributed by atoms with Crippen LogP contribution in [0.3, 0.4) is 0 Å². The highest BCUT2D eigenvalue weighted by Gasteiger charge is 2.42. The third kappa shape index (κ3) is 4.29. The second kappa shape index (κ2) is 7.78. The highest BCUT2D eigenvalue weighted by Crippen LogP contribution is 2.45. The lowest BCUT2D eigenvalue weighted by Crippen LogP contribution is -2.54. The lowest BCUT2D eigenvalue weighted by molar-refractivity contribution is -0.0126. The van der Waals surface area contributed by atoms with E-state index in [9.17, 15) is 4.79 Å². The van der Waals surface area contributed by atoms with E-state index in [2.05, 4.69) is 47.8 Å². The van der Waals surface area contributed by atoms with Crippen molar-refractivity contribution in [3.05, 3.63) is 24.0 Å². The predicted octanol–water partition coefficient (Wildman–Crippen LogP) is 3.56. The van der Waals surface area contributed by atoms with E-state index in [1.807, 2.05) is 18.3 Å². The van der Waals surface area contributed by atoms with Crippen LogP contribution in [0.5, 0.6) is 0 Å². The third-order valence-corrected chi connectivity index (χ3v) is 7.09. The first-order valence-electron chi connectivity index (χ1n) is 10.4. The van der Waals surface area contributed by atoms with Crippen LogP contribution in [-0.4, -0.2) is 55.1 Å². The molecule has 3 rings (SSSR count). The van der Waals surface area contributed by atoms with Crippen LogP contribution in [0.4, 0.5) is 5.69 Å². The predicted molar refractivity (Wildman–Crippen MR) is 111 cm³/mol. The van der Waals surface area contributed by atoms with Crippen LogP contribution in [0.2, 0.25) is 0 Å². The molecule has 1 unspecified atom stereocenters. The fourth-order valence-corrected chi connectivity index (χ4v) is 4.53.